The second kappa shape index (κ2) is 32.4. The number of hydrogen-bond acceptors (Lipinski definition) is 6. The molecule has 0 aliphatic rings. The molecule has 0 spiro atoms. The number of ether oxygens (including phenoxy) is 2. The molecule has 0 rings (SSSR count). The van der Waals surface area contributed by atoms with E-state index in [0.29, 0.717) is 12.8 Å². The lowest BCUT2D eigenvalue weighted by molar-refractivity contribution is -0.161. The summed E-state index contributed by atoms with van der Waals surface area (Å²) in [4.78, 5) is 42.5. The second-order valence-electron chi connectivity index (χ2n) is 11.2. The number of carbonyl (C=O) groups excluding carboxylic acids is 2. The van der Waals surface area contributed by atoms with Gasteiger partial charge in [0.2, 0.25) is 0 Å². The molecule has 0 radical (unpaired) electrons. The Morgan fingerprint density at radius 3 is 1.83 bits per heavy atom. The average Bonchev–Trinajstić information content (AvgIpc) is 3.02. The van der Waals surface area contributed by atoms with E-state index < -0.39 is 32.5 Å². The minimum Gasteiger partial charge on any atom is -0.462 e. The van der Waals surface area contributed by atoms with Crippen molar-refractivity contribution in [3.63, 3.8) is 0 Å². The third-order valence-corrected chi connectivity index (χ3v) is 7.30. The number of phosphoric acid groups is 1. The third-order valence-electron chi connectivity index (χ3n) is 6.82. The molecule has 0 heterocycles. The Labute approximate surface area is 279 Å². The van der Waals surface area contributed by atoms with E-state index in [1.807, 2.05) is 48.6 Å². The fourth-order valence-electron chi connectivity index (χ4n) is 4.26. The number of unbranched alkanes of at least 4 members (excludes halogenated alkanes) is 11. The Morgan fingerprint density at radius 2 is 1.17 bits per heavy atom. The van der Waals surface area contributed by atoms with Crippen LogP contribution >= 0.6 is 7.82 Å². The van der Waals surface area contributed by atoms with E-state index in [-0.39, 0.29) is 19.4 Å². The van der Waals surface area contributed by atoms with Crippen LogP contribution in [-0.4, -0.2) is 41.0 Å². The molecular weight excluding hydrogens is 603 g/mol. The molecule has 0 aromatic carbocycles. The maximum atomic E-state index is 12.3. The first-order valence-electron chi connectivity index (χ1n) is 17.3. The van der Waals surface area contributed by atoms with Gasteiger partial charge >= 0.3 is 19.8 Å². The molecule has 0 saturated carbocycles. The van der Waals surface area contributed by atoms with Gasteiger partial charge < -0.3 is 19.3 Å². The van der Waals surface area contributed by atoms with E-state index in [0.717, 1.165) is 51.4 Å². The first-order valence-corrected chi connectivity index (χ1v) is 18.8. The predicted octanol–water partition coefficient (Wildman–Crippen LogP) is 9.95. The number of hydrogen-bond donors (Lipinski definition) is 2. The molecule has 0 aliphatic heterocycles. The summed E-state index contributed by atoms with van der Waals surface area (Å²) in [5.41, 5.74) is 0. The first-order chi connectivity index (χ1) is 22.3. The smallest absolute Gasteiger partial charge is 0.462 e. The minimum atomic E-state index is -4.77. The van der Waals surface area contributed by atoms with Crippen molar-refractivity contribution in [2.75, 3.05) is 13.2 Å². The average molecular weight is 665 g/mol. The van der Waals surface area contributed by atoms with Crippen LogP contribution < -0.4 is 0 Å². The molecule has 0 aromatic rings. The summed E-state index contributed by atoms with van der Waals surface area (Å²) in [7, 11) is -4.77. The van der Waals surface area contributed by atoms with Gasteiger partial charge in [0.1, 0.15) is 6.61 Å². The van der Waals surface area contributed by atoms with E-state index in [1.165, 1.54) is 38.5 Å². The maximum Gasteiger partial charge on any atom is 0.469 e. The van der Waals surface area contributed by atoms with E-state index >= 15 is 0 Å². The van der Waals surface area contributed by atoms with Gasteiger partial charge in [-0.1, -0.05) is 138 Å². The molecular formula is C37H61O8P. The van der Waals surface area contributed by atoms with Gasteiger partial charge in [0.05, 0.1) is 6.61 Å². The number of carbonyl (C=O) groups is 2. The topological polar surface area (TPSA) is 119 Å². The van der Waals surface area contributed by atoms with E-state index in [4.69, 9.17) is 19.3 Å². The Balaban J connectivity index is 4.15. The summed E-state index contributed by atoms with van der Waals surface area (Å²) in [6, 6.07) is 0. The fraction of sp³-hybridized carbons (Fsp3) is 0.622. The van der Waals surface area contributed by atoms with Crippen LogP contribution in [0.3, 0.4) is 0 Å². The zero-order chi connectivity index (χ0) is 34.0. The van der Waals surface area contributed by atoms with Crippen molar-refractivity contribution in [2.45, 2.75) is 136 Å². The molecule has 0 bridgehead atoms. The van der Waals surface area contributed by atoms with Crippen LogP contribution in [0.4, 0.5) is 0 Å². The normalized spacial score (nSPS) is 13.4. The molecule has 262 valence electrons. The quantitative estimate of drug-likeness (QED) is 0.0256. The van der Waals surface area contributed by atoms with Gasteiger partial charge in [-0.2, -0.15) is 0 Å². The van der Waals surface area contributed by atoms with Crippen molar-refractivity contribution in [3.05, 3.63) is 72.9 Å². The van der Waals surface area contributed by atoms with Crippen molar-refractivity contribution in [3.8, 4) is 0 Å². The predicted molar refractivity (Wildman–Crippen MR) is 188 cm³/mol. The molecule has 2 N–H and O–H groups in total. The number of rotatable bonds is 30. The highest BCUT2D eigenvalue weighted by Gasteiger charge is 2.22. The van der Waals surface area contributed by atoms with E-state index in [1.54, 1.807) is 0 Å². The molecule has 0 aliphatic carbocycles. The monoisotopic (exact) mass is 664 g/mol. The Kier molecular flexibility index (Phi) is 30.7. The summed E-state index contributed by atoms with van der Waals surface area (Å²) in [5.74, 6) is -1.00. The van der Waals surface area contributed by atoms with Crippen LogP contribution in [0.5, 0.6) is 0 Å². The Bertz CT molecular complexity index is 974. The molecule has 0 saturated heterocycles. The third kappa shape index (κ3) is 34.4. The van der Waals surface area contributed by atoms with Crippen LogP contribution in [-0.2, 0) is 28.2 Å². The first kappa shape index (κ1) is 43.5. The van der Waals surface area contributed by atoms with Gasteiger partial charge in [-0.3, -0.25) is 14.1 Å². The lowest BCUT2D eigenvalue weighted by Gasteiger charge is -2.18. The lowest BCUT2D eigenvalue weighted by Crippen LogP contribution is -2.29. The lowest BCUT2D eigenvalue weighted by atomic mass is 10.1. The summed E-state index contributed by atoms with van der Waals surface area (Å²) >= 11 is 0. The molecule has 0 amide bonds. The molecule has 1 atom stereocenters. The summed E-state index contributed by atoms with van der Waals surface area (Å²) in [6.45, 7) is 3.43. The molecule has 0 fully saturated rings. The second-order valence-corrected chi connectivity index (χ2v) is 12.4. The van der Waals surface area contributed by atoms with Crippen LogP contribution in [0.1, 0.15) is 129 Å². The van der Waals surface area contributed by atoms with E-state index in [2.05, 4.69) is 42.7 Å². The Morgan fingerprint density at radius 1 is 0.609 bits per heavy atom. The highest BCUT2D eigenvalue weighted by molar-refractivity contribution is 7.46. The zero-order valence-electron chi connectivity index (χ0n) is 28.4. The summed E-state index contributed by atoms with van der Waals surface area (Å²) < 4.78 is 26.1. The Hall–Kier alpha value is -2.51. The van der Waals surface area contributed by atoms with Gasteiger partial charge in [0.15, 0.2) is 6.10 Å². The highest BCUT2D eigenvalue weighted by Crippen LogP contribution is 2.35. The van der Waals surface area contributed by atoms with Crippen molar-refractivity contribution in [2.24, 2.45) is 0 Å². The number of esters is 2. The van der Waals surface area contributed by atoms with Crippen LogP contribution in [0.25, 0.3) is 0 Å². The molecule has 0 aromatic heterocycles. The van der Waals surface area contributed by atoms with Crippen molar-refractivity contribution in [1.82, 2.24) is 0 Å². The number of allylic oxidation sites excluding steroid dienone is 12. The van der Waals surface area contributed by atoms with Crippen LogP contribution in [0.2, 0.25) is 0 Å². The van der Waals surface area contributed by atoms with Gasteiger partial charge in [-0.05, 0) is 51.4 Å². The largest absolute Gasteiger partial charge is 0.469 e. The standard InChI is InChI=1S/C37H61O8P/c1-3-5-7-9-11-13-15-17-18-20-21-23-25-27-29-31-36(38)43-33-35(34-44-46(40,41)42)45-37(39)32-30-28-26-24-22-19-16-14-12-10-8-6-4-2/h5,7,9,11,13,15,17-19,22,26,28,35H,3-4,6,8,10,12,14,16,20-21,23-25,27,29-34H2,1-2H3,(H2,40,41,42)/b7-5+,11-9+,15-13+,18-17+,22-19+,28-26+. The fourth-order valence-corrected chi connectivity index (χ4v) is 4.62. The molecule has 46 heavy (non-hydrogen) atoms. The highest BCUT2D eigenvalue weighted by atomic mass is 31.2. The van der Waals surface area contributed by atoms with Gasteiger partial charge in [0, 0.05) is 12.8 Å². The van der Waals surface area contributed by atoms with Gasteiger partial charge in [0.25, 0.3) is 0 Å². The maximum absolute atomic E-state index is 12.3. The van der Waals surface area contributed by atoms with Gasteiger partial charge in [-0.15, -0.1) is 0 Å². The summed E-state index contributed by atoms with van der Waals surface area (Å²) in [6.07, 6.45) is 40.6. The summed E-state index contributed by atoms with van der Waals surface area (Å²) in [5, 5.41) is 0. The van der Waals surface area contributed by atoms with Crippen LogP contribution in [0, 0.1) is 0 Å². The van der Waals surface area contributed by atoms with Gasteiger partial charge in [-0.25, -0.2) is 4.57 Å². The minimum absolute atomic E-state index is 0.0963. The molecule has 1 unspecified atom stereocenters. The van der Waals surface area contributed by atoms with E-state index in [9.17, 15) is 14.2 Å². The molecule has 9 heteroatoms. The van der Waals surface area contributed by atoms with Crippen molar-refractivity contribution >= 4 is 19.8 Å². The van der Waals surface area contributed by atoms with Crippen molar-refractivity contribution in [1.29, 1.82) is 0 Å². The van der Waals surface area contributed by atoms with Crippen molar-refractivity contribution < 1.29 is 37.9 Å². The van der Waals surface area contributed by atoms with Crippen LogP contribution in [0.15, 0.2) is 72.9 Å². The zero-order valence-corrected chi connectivity index (χ0v) is 29.3. The SMILES string of the molecule is CC/C=C/C=C/C=C/C=C/CCCCCCCC(=O)OCC(COP(=O)(O)O)OC(=O)CC/C=C/C/C=C/CCCCCCCC. The number of phosphoric ester groups is 1. The molecule has 8 nitrogen and oxygen atoms in total.